The molecule has 0 spiro atoms. The summed E-state index contributed by atoms with van der Waals surface area (Å²) in [5.74, 6) is -0.138. The van der Waals surface area contributed by atoms with Crippen molar-refractivity contribution in [1.29, 1.82) is 0 Å². The van der Waals surface area contributed by atoms with Crippen LogP contribution in [0.2, 0.25) is 5.02 Å². The van der Waals surface area contributed by atoms with Gasteiger partial charge >= 0.3 is 0 Å². The number of hydrogen-bond acceptors (Lipinski definition) is 2. The number of nitrogens with zero attached hydrogens (tertiary/aromatic N) is 1. The Kier molecular flexibility index (Phi) is 6.39. The van der Waals surface area contributed by atoms with E-state index in [4.69, 9.17) is 11.6 Å². The lowest BCUT2D eigenvalue weighted by atomic mass is 10.1. The highest BCUT2D eigenvalue weighted by Gasteiger charge is 2.13. The predicted molar refractivity (Wildman–Crippen MR) is 96.4 cm³/mol. The number of carbonyl (C=O) groups is 1. The van der Waals surface area contributed by atoms with Gasteiger partial charge in [-0.3, -0.25) is 4.79 Å². The van der Waals surface area contributed by atoms with Gasteiger partial charge in [0.05, 0.1) is 6.04 Å². The molecule has 0 radical (unpaired) electrons. The highest BCUT2D eigenvalue weighted by atomic mass is 35.5. The lowest BCUT2D eigenvalue weighted by Crippen LogP contribution is -2.34. The average molecular weight is 329 g/mol. The minimum atomic E-state index is -0.138. The maximum atomic E-state index is 12.2. The summed E-state index contributed by atoms with van der Waals surface area (Å²) >= 11 is 6.09. The number of benzene rings is 2. The molecule has 3 nitrogen and oxygen atoms in total. The Labute approximate surface area is 142 Å². The molecule has 0 aliphatic rings. The normalized spacial score (nSPS) is 12.5. The van der Waals surface area contributed by atoms with Crippen molar-refractivity contribution < 1.29 is 4.79 Å². The molecule has 0 fully saturated rings. The Balaban J connectivity index is 2.07. The molecule has 0 bridgehead atoms. The Morgan fingerprint density at radius 2 is 1.78 bits per heavy atom. The van der Waals surface area contributed by atoms with Gasteiger partial charge in [-0.25, -0.2) is 0 Å². The summed E-state index contributed by atoms with van der Waals surface area (Å²) in [5.41, 5.74) is 1.91. The van der Waals surface area contributed by atoms with E-state index in [-0.39, 0.29) is 11.9 Å². The van der Waals surface area contributed by atoms with Gasteiger partial charge in [0.25, 0.3) is 0 Å². The Morgan fingerprint density at radius 3 is 2.43 bits per heavy atom. The van der Waals surface area contributed by atoms with Crippen molar-refractivity contribution in [2.24, 2.45) is 0 Å². The van der Waals surface area contributed by atoms with Crippen LogP contribution in [0.15, 0.2) is 60.7 Å². The molecule has 0 aliphatic carbocycles. The second-order valence-corrected chi connectivity index (χ2v) is 6.00. The van der Waals surface area contributed by atoms with Gasteiger partial charge in [0.15, 0.2) is 0 Å². The van der Waals surface area contributed by atoms with Crippen LogP contribution >= 0.6 is 11.6 Å². The van der Waals surface area contributed by atoms with Gasteiger partial charge in [-0.05, 0) is 37.4 Å². The third kappa shape index (κ3) is 5.55. The quantitative estimate of drug-likeness (QED) is 0.819. The zero-order valence-electron chi connectivity index (χ0n) is 13.4. The molecule has 4 heteroatoms. The van der Waals surface area contributed by atoms with Gasteiger partial charge in [0.1, 0.15) is 0 Å². The van der Waals surface area contributed by atoms with Crippen LogP contribution in [-0.4, -0.2) is 31.4 Å². The van der Waals surface area contributed by atoms with E-state index >= 15 is 0 Å². The van der Waals surface area contributed by atoms with Gasteiger partial charge < -0.3 is 10.2 Å². The second-order valence-electron chi connectivity index (χ2n) is 5.59. The molecule has 1 N–H and O–H groups in total. The fourth-order valence-electron chi connectivity index (χ4n) is 2.28. The minimum absolute atomic E-state index is 0.0606. The lowest BCUT2D eigenvalue weighted by molar-refractivity contribution is -0.117. The van der Waals surface area contributed by atoms with Gasteiger partial charge in [0.2, 0.25) is 5.91 Å². The molecule has 0 saturated heterocycles. The number of hydrogen-bond donors (Lipinski definition) is 1. The van der Waals surface area contributed by atoms with Gasteiger partial charge in [-0.2, -0.15) is 0 Å². The number of halogens is 1. The molecule has 0 aromatic heterocycles. The first-order chi connectivity index (χ1) is 11.1. The number of rotatable bonds is 6. The van der Waals surface area contributed by atoms with Crippen LogP contribution in [0.4, 0.5) is 0 Å². The van der Waals surface area contributed by atoms with Crippen molar-refractivity contribution >= 4 is 23.6 Å². The Bertz CT molecular complexity index is 668. The van der Waals surface area contributed by atoms with Crippen molar-refractivity contribution in [1.82, 2.24) is 10.2 Å². The summed E-state index contributed by atoms with van der Waals surface area (Å²) < 4.78 is 0. The van der Waals surface area contributed by atoms with Crippen molar-refractivity contribution in [2.75, 3.05) is 20.6 Å². The maximum Gasteiger partial charge on any atom is 0.244 e. The molecular formula is C19H21ClN2O. The lowest BCUT2D eigenvalue weighted by Gasteiger charge is -2.22. The zero-order chi connectivity index (χ0) is 16.7. The van der Waals surface area contributed by atoms with Crippen molar-refractivity contribution in [3.8, 4) is 0 Å². The van der Waals surface area contributed by atoms with Crippen LogP contribution in [0.25, 0.3) is 6.08 Å². The SMILES string of the molecule is CN(C)C[C@H](NC(=O)/C=C/c1ccccc1Cl)c1ccccc1. The topological polar surface area (TPSA) is 32.3 Å². The van der Waals surface area contributed by atoms with Crippen LogP contribution < -0.4 is 5.32 Å². The van der Waals surface area contributed by atoms with Crippen LogP contribution in [0.5, 0.6) is 0 Å². The molecule has 0 unspecified atom stereocenters. The molecule has 1 atom stereocenters. The number of likely N-dealkylation sites (N-methyl/N-ethyl adjacent to an activating group) is 1. The second kappa shape index (κ2) is 8.51. The highest BCUT2D eigenvalue weighted by Crippen LogP contribution is 2.17. The first-order valence-corrected chi connectivity index (χ1v) is 7.87. The largest absolute Gasteiger partial charge is 0.344 e. The first-order valence-electron chi connectivity index (χ1n) is 7.49. The standard InChI is InChI=1S/C19H21ClN2O/c1-22(2)14-18(16-9-4-3-5-10-16)21-19(23)13-12-15-8-6-7-11-17(15)20/h3-13,18H,14H2,1-2H3,(H,21,23)/b13-12+/t18-/m0/s1. The summed E-state index contributed by atoms with van der Waals surface area (Å²) in [6, 6.07) is 17.3. The average Bonchev–Trinajstić information content (AvgIpc) is 2.54. The first kappa shape index (κ1) is 17.3. The number of nitrogens with one attached hydrogen (secondary N) is 1. The van der Waals surface area contributed by atoms with Gasteiger partial charge in [0, 0.05) is 17.6 Å². The molecule has 1 amide bonds. The van der Waals surface area contributed by atoms with Crippen molar-refractivity contribution in [3.05, 3.63) is 76.8 Å². The third-order valence-electron chi connectivity index (χ3n) is 3.39. The Hall–Kier alpha value is -2.10. The zero-order valence-corrected chi connectivity index (χ0v) is 14.1. The smallest absolute Gasteiger partial charge is 0.244 e. The third-order valence-corrected chi connectivity index (χ3v) is 3.73. The molecule has 2 rings (SSSR count). The molecule has 2 aromatic carbocycles. The van der Waals surface area contributed by atoms with Crippen molar-refractivity contribution in [2.45, 2.75) is 6.04 Å². The van der Waals surface area contributed by atoms with Crippen LogP contribution in [-0.2, 0) is 4.79 Å². The summed E-state index contributed by atoms with van der Waals surface area (Å²) in [6.45, 7) is 0.732. The molecular weight excluding hydrogens is 308 g/mol. The van der Waals surface area contributed by atoms with E-state index < -0.39 is 0 Å². The van der Waals surface area contributed by atoms with Gasteiger partial charge in [-0.15, -0.1) is 0 Å². The number of amides is 1. The summed E-state index contributed by atoms with van der Waals surface area (Å²) in [6.07, 6.45) is 3.25. The van der Waals surface area contributed by atoms with E-state index in [1.54, 1.807) is 12.1 Å². The van der Waals surface area contributed by atoms with Crippen molar-refractivity contribution in [3.63, 3.8) is 0 Å². The van der Waals surface area contributed by atoms with E-state index in [2.05, 4.69) is 10.2 Å². The van der Waals surface area contributed by atoms with Crippen LogP contribution in [0.1, 0.15) is 17.2 Å². The molecule has 0 aliphatic heterocycles. The summed E-state index contributed by atoms with van der Waals surface area (Å²) in [7, 11) is 3.98. The monoisotopic (exact) mass is 328 g/mol. The highest BCUT2D eigenvalue weighted by molar-refractivity contribution is 6.32. The molecule has 23 heavy (non-hydrogen) atoms. The number of carbonyl (C=O) groups excluding carboxylic acids is 1. The molecule has 2 aromatic rings. The fraction of sp³-hybridized carbons (Fsp3) is 0.211. The molecule has 0 heterocycles. The maximum absolute atomic E-state index is 12.2. The van der Waals surface area contributed by atoms with E-state index in [0.29, 0.717) is 5.02 Å². The Morgan fingerprint density at radius 1 is 1.13 bits per heavy atom. The molecule has 0 saturated carbocycles. The fourth-order valence-corrected chi connectivity index (χ4v) is 2.48. The molecule has 120 valence electrons. The van der Waals surface area contributed by atoms with E-state index in [9.17, 15) is 4.79 Å². The van der Waals surface area contributed by atoms with E-state index in [1.807, 2.05) is 62.6 Å². The predicted octanol–water partition coefficient (Wildman–Crippen LogP) is 3.77. The van der Waals surface area contributed by atoms with E-state index in [0.717, 1.165) is 17.7 Å². The summed E-state index contributed by atoms with van der Waals surface area (Å²) in [4.78, 5) is 14.3. The van der Waals surface area contributed by atoms with Crippen LogP contribution in [0.3, 0.4) is 0 Å². The minimum Gasteiger partial charge on any atom is -0.344 e. The summed E-state index contributed by atoms with van der Waals surface area (Å²) in [5, 5.41) is 3.67. The van der Waals surface area contributed by atoms with E-state index in [1.165, 1.54) is 6.08 Å². The van der Waals surface area contributed by atoms with Gasteiger partial charge in [-0.1, -0.05) is 60.1 Å². The van der Waals surface area contributed by atoms with Crippen LogP contribution in [0, 0.1) is 0 Å².